The number of nitrogens with one attached hydrogen (secondary N) is 2. The van der Waals surface area contributed by atoms with Crippen LogP contribution in [-0.2, 0) is 14.8 Å². The summed E-state index contributed by atoms with van der Waals surface area (Å²) in [6, 6.07) is 4.61. The molecule has 1 saturated heterocycles. The van der Waals surface area contributed by atoms with Crippen LogP contribution in [0.2, 0.25) is 5.02 Å². The number of hydrogen-bond donors (Lipinski definition) is 2. The van der Waals surface area contributed by atoms with Gasteiger partial charge in [0.05, 0.1) is 6.61 Å². The highest BCUT2D eigenvalue weighted by molar-refractivity contribution is 7.89. The van der Waals surface area contributed by atoms with Crippen molar-refractivity contribution in [1.29, 1.82) is 0 Å². The molecule has 1 aliphatic rings. The summed E-state index contributed by atoms with van der Waals surface area (Å²) in [6.45, 7) is 6.47. The van der Waals surface area contributed by atoms with Crippen molar-refractivity contribution in [2.45, 2.75) is 37.7 Å². The maximum Gasteiger partial charge on any atom is 0.244 e. The summed E-state index contributed by atoms with van der Waals surface area (Å²) in [7, 11) is -2.16. The molecule has 1 aromatic carbocycles. The average molecular weight is 427 g/mol. The van der Waals surface area contributed by atoms with Crippen LogP contribution in [0.5, 0.6) is 5.75 Å². The third-order valence-corrected chi connectivity index (χ3v) is 6.08. The Morgan fingerprint density at radius 3 is 2.62 bits per heavy atom. The number of sulfonamides is 1. The summed E-state index contributed by atoms with van der Waals surface area (Å²) in [4.78, 5) is 0.0560. The molecule has 1 aliphatic heterocycles. The summed E-state index contributed by atoms with van der Waals surface area (Å²) in [5.41, 5.74) is -0.0543. The molecule has 1 fully saturated rings. The maximum absolute atomic E-state index is 12.8. The second-order valence-corrected chi connectivity index (χ2v) is 9.03. The van der Waals surface area contributed by atoms with Crippen molar-refractivity contribution in [1.82, 2.24) is 10.0 Å². The predicted molar refractivity (Wildman–Crippen MR) is 106 cm³/mol. The Bertz CT molecular complexity index is 679. The first kappa shape index (κ1) is 23.5. The smallest absolute Gasteiger partial charge is 0.244 e. The topological polar surface area (TPSA) is 76.7 Å². The molecule has 26 heavy (non-hydrogen) atoms. The molecule has 1 aromatic rings. The highest BCUT2D eigenvalue weighted by Crippen LogP contribution is 2.30. The highest BCUT2D eigenvalue weighted by atomic mass is 35.5. The summed E-state index contributed by atoms with van der Waals surface area (Å²) in [6.07, 6.45) is 1.58. The molecular formula is C17H28Cl2N2O4S. The van der Waals surface area contributed by atoms with Crippen molar-refractivity contribution in [3.63, 3.8) is 0 Å². The molecule has 0 saturated carbocycles. The van der Waals surface area contributed by atoms with Gasteiger partial charge >= 0.3 is 0 Å². The molecule has 0 radical (unpaired) electrons. The molecule has 0 amide bonds. The minimum Gasteiger partial charge on any atom is -0.487 e. The predicted octanol–water partition coefficient (Wildman–Crippen LogP) is 2.84. The van der Waals surface area contributed by atoms with E-state index in [-0.39, 0.29) is 34.6 Å². The first-order valence-electron chi connectivity index (χ1n) is 8.41. The fourth-order valence-electron chi connectivity index (χ4n) is 2.83. The van der Waals surface area contributed by atoms with Crippen LogP contribution in [0.4, 0.5) is 0 Å². The number of benzene rings is 1. The summed E-state index contributed by atoms with van der Waals surface area (Å²) >= 11 is 6.02. The molecule has 1 atom stereocenters. The molecular weight excluding hydrogens is 399 g/mol. The third-order valence-electron chi connectivity index (χ3n) is 4.42. The molecule has 1 heterocycles. The Morgan fingerprint density at radius 1 is 1.35 bits per heavy atom. The van der Waals surface area contributed by atoms with E-state index in [0.717, 1.165) is 25.9 Å². The molecule has 0 aliphatic carbocycles. The van der Waals surface area contributed by atoms with Crippen LogP contribution < -0.4 is 14.8 Å². The number of ether oxygens (including phenoxy) is 2. The number of piperidine rings is 1. The monoisotopic (exact) mass is 426 g/mol. The van der Waals surface area contributed by atoms with Gasteiger partial charge in [-0.25, -0.2) is 13.1 Å². The lowest BCUT2D eigenvalue weighted by Gasteiger charge is -2.34. The molecule has 150 valence electrons. The van der Waals surface area contributed by atoms with Gasteiger partial charge in [0, 0.05) is 18.7 Å². The molecule has 0 spiro atoms. The molecule has 2 rings (SSSR count). The van der Waals surface area contributed by atoms with Gasteiger partial charge in [0.15, 0.2) is 0 Å². The van der Waals surface area contributed by atoms with Crippen LogP contribution >= 0.6 is 24.0 Å². The molecule has 0 aromatic heterocycles. The lowest BCUT2D eigenvalue weighted by Crippen LogP contribution is -2.42. The fourth-order valence-corrected chi connectivity index (χ4v) is 4.42. The Labute approximate surface area is 167 Å². The van der Waals surface area contributed by atoms with Gasteiger partial charge < -0.3 is 14.8 Å². The van der Waals surface area contributed by atoms with E-state index >= 15 is 0 Å². The molecule has 2 N–H and O–H groups in total. The van der Waals surface area contributed by atoms with E-state index in [1.54, 1.807) is 19.2 Å². The first-order valence-corrected chi connectivity index (χ1v) is 10.3. The second-order valence-electron chi connectivity index (χ2n) is 6.86. The van der Waals surface area contributed by atoms with Gasteiger partial charge in [-0.3, -0.25) is 0 Å². The molecule has 1 unspecified atom stereocenters. The fraction of sp³-hybridized carbons (Fsp3) is 0.647. The van der Waals surface area contributed by atoms with Crippen molar-refractivity contribution < 1.29 is 17.9 Å². The Hall–Kier alpha value is -0.570. The lowest BCUT2D eigenvalue weighted by molar-refractivity contribution is 0.0901. The van der Waals surface area contributed by atoms with E-state index in [9.17, 15) is 8.42 Å². The van der Waals surface area contributed by atoms with E-state index in [1.165, 1.54) is 6.07 Å². The van der Waals surface area contributed by atoms with Gasteiger partial charge in [0.1, 0.15) is 16.7 Å². The zero-order chi connectivity index (χ0) is 18.5. The summed E-state index contributed by atoms with van der Waals surface area (Å²) < 4.78 is 39.2. The van der Waals surface area contributed by atoms with Crippen molar-refractivity contribution in [2.75, 3.05) is 33.4 Å². The summed E-state index contributed by atoms with van der Waals surface area (Å²) in [5, 5.41) is 3.64. The Morgan fingerprint density at radius 2 is 2.00 bits per heavy atom. The van der Waals surface area contributed by atoms with Crippen LogP contribution in [0, 0.1) is 5.41 Å². The van der Waals surface area contributed by atoms with Crippen LogP contribution in [0.15, 0.2) is 23.1 Å². The van der Waals surface area contributed by atoms with Crippen molar-refractivity contribution in [2.24, 2.45) is 5.41 Å². The molecule has 0 bridgehead atoms. The SMILES string of the molecule is COCC(C)Oc1ccc(Cl)cc1S(=O)(=O)NCC1(C)CCNCC1.Cl. The van der Waals surface area contributed by atoms with Crippen LogP contribution in [0.25, 0.3) is 0 Å². The first-order chi connectivity index (χ1) is 11.8. The average Bonchev–Trinajstić information content (AvgIpc) is 2.56. The van der Waals surface area contributed by atoms with Gasteiger partial charge in [-0.05, 0) is 56.5 Å². The van der Waals surface area contributed by atoms with E-state index < -0.39 is 10.0 Å². The van der Waals surface area contributed by atoms with Gasteiger partial charge in [0.25, 0.3) is 0 Å². The Kier molecular flexibility index (Phi) is 9.12. The minimum atomic E-state index is -3.73. The van der Waals surface area contributed by atoms with Crippen LogP contribution in [0.1, 0.15) is 26.7 Å². The minimum absolute atomic E-state index is 0. The van der Waals surface area contributed by atoms with E-state index in [0.29, 0.717) is 18.2 Å². The van der Waals surface area contributed by atoms with Crippen molar-refractivity contribution >= 4 is 34.0 Å². The number of halogens is 2. The van der Waals surface area contributed by atoms with Crippen LogP contribution in [0.3, 0.4) is 0 Å². The van der Waals surface area contributed by atoms with Crippen molar-refractivity contribution in [3.05, 3.63) is 23.2 Å². The van der Waals surface area contributed by atoms with Gasteiger partial charge in [-0.15, -0.1) is 12.4 Å². The maximum atomic E-state index is 12.8. The zero-order valence-electron chi connectivity index (χ0n) is 15.4. The van der Waals surface area contributed by atoms with Crippen molar-refractivity contribution in [3.8, 4) is 5.75 Å². The molecule has 9 heteroatoms. The second kappa shape index (κ2) is 10.1. The zero-order valence-corrected chi connectivity index (χ0v) is 17.8. The lowest BCUT2D eigenvalue weighted by atomic mass is 9.81. The van der Waals surface area contributed by atoms with Gasteiger partial charge in [-0.2, -0.15) is 0 Å². The van der Waals surface area contributed by atoms with Gasteiger partial charge in [-0.1, -0.05) is 18.5 Å². The van der Waals surface area contributed by atoms with Crippen LogP contribution in [-0.4, -0.2) is 47.9 Å². The third kappa shape index (κ3) is 6.55. The number of methoxy groups -OCH3 is 1. The number of rotatable bonds is 8. The highest BCUT2D eigenvalue weighted by Gasteiger charge is 2.30. The molecule has 6 nitrogen and oxygen atoms in total. The standard InChI is InChI=1S/C17H27ClN2O4S.ClH/c1-13(11-23-3)24-15-5-4-14(18)10-16(15)25(21,22)20-12-17(2)6-8-19-9-7-17;/h4-5,10,13,19-20H,6-9,11-12H2,1-3H3;1H. The quantitative estimate of drug-likeness (QED) is 0.667. The normalized spacial score (nSPS) is 18.0. The van der Waals surface area contributed by atoms with E-state index in [4.69, 9.17) is 21.1 Å². The van der Waals surface area contributed by atoms with E-state index in [2.05, 4.69) is 17.0 Å². The largest absolute Gasteiger partial charge is 0.487 e. The number of hydrogen-bond acceptors (Lipinski definition) is 5. The summed E-state index contributed by atoms with van der Waals surface area (Å²) in [5.74, 6) is 0.275. The Balaban J connectivity index is 0.00000338. The van der Waals surface area contributed by atoms with Gasteiger partial charge in [0.2, 0.25) is 10.0 Å². The van der Waals surface area contributed by atoms with E-state index in [1.807, 2.05) is 6.92 Å².